The van der Waals surface area contributed by atoms with Gasteiger partial charge in [-0.15, -0.1) is 0 Å². The van der Waals surface area contributed by atoms with Crippen molar-refractivity contribution in [1.82, 2.24) is 0 Å². The molecule has 4 aliphatic heterocycles. The average Bonchev–Trinajstić information content (AvgIpc) is 0.704. The first-order valence-corrected chi connectivity index (χ1v) is 45.2. The predicted molar refractivity (Wildman–Crippen MR) is 553 cm³/mol. The molecular formula is C124H80B2N4. The number of hydrogen-bond donors (Lipinski definition) is 0. The lowest BCUT2D eigenvalue weighted by Gasteiger charge is -2.44. The van der Waals surface area contributed by atoms with E-state index in [0.717, 1.165) is 22.7 Å². The molecule has 0 bridgehead atoms. The van der Waals surface area contributed by atoms with Gasteiger partial charge in [0.25, 0.3) is 13.4 Å². The molecule has 0 saturated heterocycles. The Bertz CT molecular complexity index is 7890. The minimum atomic E-state index is 0.0451. The van der Waals surface area contributed by atoms with Crippen LogP contribution in [0, 0.1) is 0 Å². The van der Waals surface area contributed by atoms with E-state index < -0.39 is 0 Å². The van der Waals surface area contributed by atoms with Crippen molar-refractivity contribution in [2.45, 2.75) is 0 Å². The average molecular weight is 1650 g/mol. The molecule has 602 valence electrons. The van der Waals surface area contributed by atoms with Gasteiger partial charge in [-0.25, -0.2) is 0 Å². The first-order chi connectivity index (χ1) is 64.5. The molecule has 130 heavy (non-hydrogen) atoms. The van der Waals surface area contributed by atoms with Gasteiger partial charge in [0, 0.05) is 68.2 Å². The summed E-state index contributed by atoms with van der Waals surface area (Å²) in [7, 11) is 0. The van der Waals surface area contributed by atoms with Crippen LogP contribution in [0.5, 0.6) is 0 Å². The van der Waals surface area contributed by atoms with E-state index in [1.54, 1.807) is 0 Å². The molecular weight excluding hydrogens is 1570 g/mol. The Hall–Kier alpha value is -16.8. The monoisotopic (exact) mass is 1650 g/mol. The first-order valence-electron chi connectivity index (χ1n) is 45.2. The van der Waals surface area contributed by atoms with Crippen molar-refractivity contribution in [1.29, 1.82) is 0 Å². The van der Waals surface area contributed by atoms with Crippen molar-refractivity contribution in [3.63, 3.8) is 0 Å². The SMILES string of the molecule is c1ccc(-c2cccc3c(-c4ccc(N5c6ccccc6B6c7ccccc7N(c7ccc(-c8cccc9c(-c%10ccc(-c%11ccc(-c%12ccc(-c%13ccc(N%14c%15ccccc%15B%15c%16ccccc%16N(c%16ccc(-c%17ccc(-c%18ccccc%18)c%18ccccc%17%18)cc%16)c%16cccc%14c%16%15)cc%13)c%13ccccc%12%13)cc%11)cc%10)cccc89)cc7)c7cccc5c76)cc4)cccc23)cc1. The Balaban J connectivity index is 0.462. The summed E-state index contributed by atoms with van der Waals surface area (Å²) in [5.74, 6) is 0. The quantitative estimate of drug-likeness (QED) is 0.107. The van der Waals surface area contributed by atoms with Crippen LogP contribution in [0.1, 0.15) is 0 Å². The molecule has 4 aliphatic rings. The highest BCUT2D eigenvalue weighted by Gasteiger charge is 2.45. The maximum atomic E-state index is 2.49. The topological polar surface area (TPSA) is 13.0 Å². The minimum absolute atomic E-state index is 0.0451. The summed E-state index contributed by atoms with van der Waals surface area (Å²) in [5.41, 5.74) is 43.5. The number of rotatable bonds is 13. The Morgan fingerprint density at radius 3 is 0.531 bits per heavy atom. The van der Waals surface area contributed by atoms with Crippen molar-refractivity contribution in [3.8, 4) is 100 Å². The van der Waals surface area contributed by atoms with Crippen molar-refractivity contribution < 1.29 is 0 Å². The van der Waals surface area contributed by atoms with Gasteiger partial charge in [-0.3, -0.25) is 0 Å². The van der Waals surface area contributed by atoms with Gasteiger partial charge < -0.3 is 19.6 Å². The van der Waals surface area contributed by atoms with Gasteiger partial charge in [0.1, 0.15) is 0 Å². The van der Waals surface area contributed by atoms with E-state index in [-0.39, 0.29) is 13.4 Å². The molecule has 0 amide bonds. The van der Waals surface area contributed by atoms with Crippen LogP contribution in [-0.4, -0.2) is 13.4 Å². The Labute approximate surface area is 757 Å². The molecule has 0 N–H and O–H groups in total. The number of fused-ring (bicyclic) bond motifs is 12. The zero-order valence-electron chi connectivity index (χ0n) is 71.1. The van der Waals surface area contributed by atoms with Crippen LogP contribution in [0.25, 0.3) is 143 Å². The zero-order chi connectivity index (χ0) is 85.4. The van der Waals surface area contributed by atoms with Gasteiger partial charge in [-0.05, 0) is 273 Å². The lowest BCUT2D eigenvalue weighted by molar-refractivity contribution is 1.25. The highest BCUT2D eigenvalue weighted by Crippen LogP contribution is 2.50. The smallest absolute Gasteiger partial charge is 0.252 e. The molecule has 4 nitrogen and oxygen atoms in total. The molecule has 0 fully saturated rings. The number of anilines is 12. The summed E-state index contributed by atoms with van der Waals surface area (Å²) in [5, 5.41) is 9.88. The third kappa shape index (κ3) is 12.0. The summed E-state index contributed by atoms with van der Waals surface area (Å²) in [6, 6.07) is 181. The second kappa shape index (κ2) is 30.5. The van der Waals surface area contributed by atoms with Gasteiger partial charge in [-0.1, -0.05) is 388 Å². The predicted octanol–water partition coefficient (Wildman–Crippen LogP) is 29.5. The van der Waals surface area contributed by atoms with Crippen molar-refractivity contribution in [3.05, 3.63) is 485 Å². The maximum Gasteiger partial charge on any atom is 0.252 e. The molecule has 0 unspecified atom stereocenters. The lowest BCUT2D eigenvalue weighted by Crippen LogP contribution is -2.61. The molecule has 0 aromatic heterocycles. The highest BCUT2D eigenvalue weighted by molar-refractivity contribution is 7.01. The fraction of sp³-hybridized carbons (Fsp3) is 0. The molecule has 4 heterocycles. The molecule has 0 saturated carbocycles. The lowest BCUT2D eigenvalue weighted by atomic mass is 9.33. The Morgan fingerprint density at radius 2 is 0.285 bits per heavy atom. The maximum absolute atomic E-state index is 2.49. The van der Waals surface area contributed by atoms with Crippen LogP contribution < -0.4 is 52.4 Å². The fourth-order valence-electron chi connectivity index (χ4n) is 22.1. The van der Waals surface area contributed by atoms with Crippen LogP contribution in [0.2, 0.25) is 0 Å². The summed E-state index contributed by atoms with van der Waals surface area (Å²) < 4.78 is 0. The van der Waals surface area contributed by atoms with Crippen LogP contribution in [0.15, 0.2) is 485 Å². The number of para-hydroxylation sites is 4. The number of benzene rings is 22. The van der Waals surface area contributed by atoms with E-state index in [1.807, 2.05) is 0 Å². The highest BCUT2D eigenvalue weighted by atomic mass is 15.2. The molecule has 6 heteroatoms. The first kappa shape index (κ1) is 74.6. The van der Waals surface area contributed by atoms with Crippen LogP contribution in [0.4, 0.5) is 68.2 Å². The third-order valence-corrected chi connectivity index (χ3v) is 27.9. The van der Waals surface area contributed by atoms with Crippen molar-refractivity contribution >= 4 is 158 Å². The second-order valence-corrected chi connectivity index (χ2v) is 34.8. The van der Waals surface area contributed by atoms with Gasteiger partial charge in [0.05, 0.1) is 0 Å². The van der Waals surface area contributed by atoms with Crippen molar-refractivity contribution in [2.24, 2.45) is 0 Å². The molecule has 0 spiro atoms. The zero-order valence-corrected chi connectivity index (χ0v) is 71.1. The third-order valence-electron chi connectivity index (χ3n) is 27.9. The fourth-order valence-corrected chi connectivity index (χ4v) is 22.1. The van der Waals surface area contributed by atoms with Crippen molar-refractivity contribution in [2.75, 3.05) is 19.6 Å². The summed E-state index contributed by atoms with van der Waals surface area (Å²) in [6.45, 7) is 0.0903. The van der Waals surface area contributed by atoms with Crippen LogP contribution in [0.3, 0.4) is 0 Å². The molecule has 0 atom stereocenters. The molecule has 22 aromatic carbocycles. The largest absolute Gasteiger partial charge is 0.311 e. The van der Waals surface area contributed by atoms with E-state index in [0.29, 0.717) is 0 Å². The van der Waals surface area contributed by atoms with E-state index in [4.69, 9.17) is 0 Å². The van der Waals surface area contributed by atoms with E-state index in [2.05, 4.69) is 505 Å². The Kier molecular flexibility index (Phi) is 17.5. The van der Waals surface area contributed by atoms with Crippen LogP contribution >= 0.6 is 0 Å². The molecule has 26 rings (SSSR count). The summed E-state index contributed by atoms with van der Waals surface area (Å²) >= 11 is 0. The number of nitrogens with zero attached hydrogens (tertiary/aromatic N) is 4. The molecule has 0 aliphatic carbocycles. The summed E-state index contributed by atoms with van der Waals surface area (Å²) in [4.78, 5) is 9.96. The van der Waals surface area contributed by atoms with Gasteiger partial charge in [0.2, 0.25) is 0 Å². The standard InChI is InChI=1S/C124H80B2N4/c1-3-25-83(26-4-1)95-33-19-38-109-97(35-21-37-107(95)109)87-61-69-91(70-62-87)127-115-45-15-11-41-111(115)125-112-42-12-16-46-116(112)128(120-50-23-49-119(127)123(120)125)92-71-63-88(64-72-92)98-36-22-39-108-96(34-20-40-110(98)108)85-57-53-81(54-58-85)82-55-59-86(60-56-82)100-79-80-102(106-32-10-9-30-104(100)106)90-67-75-94(76-68-90)130-118-48-18-14-44-114(118)126-113-43-13-17-47-117(113)129(121-51-24-52-122(130)124(121)126)93-73-65-89(66-74-93)101-78-77-99(84-27-5-2-6-28-84)103-29-7-8-31-105(101)103/h1-80H. The van der Waals surface area contributed by atoms with Crippen LogP contribution in [-0.2, 0) is 0 Å². The molecule has 22 aromatic rings. The summed E-state index contributed by atoms with van der Waals surface area (Å²) in [6.07, 6.45) is 0. The van der Waals surface area contributed by atoms with E-state index in [9.17, 15) is 0 Å². The minimum Gasteiger partial charge on any atom is -0.311 e. The molecule has 0 radical (unpaired) electrons. The van der Waals surface area contributed by atoms with E-state index >= 15 is 0 Å². The number of hydrogen-bond acceptors (Lipinski definition) is 4. The Morgan fingerprint density at radius 1 is 0.115 bits per heavy atom. The van der Waals surface area contributed by atoms with Gasteiger partial charge >= 0.3 is 0 Å². The van der Waals surface area contributed by atoms with Gasteiger partial charge in [0.15, 0.2) is 0 Å². The second-order valence-electron chi connectivity index (χ2n) is 34.8. The normalized spacial score (nSPS) is 12.7. The van der Waals surface area contributed by atoms with E-state index in [1.165, 1.54) is 222 Å². The van der Waals surface area contributed by atoms with Gasteiger partial charge in [-0.2, -0.15) is 0 Å².